The second kappa shape index (κ2) is 2.65. The van der Waals surface area contributed by atoms with E-state index >= 15 is 0 Å². The highest BCUT2D eigenvalue weighted by Crippen LogP contribution is 2.30. The molecule has 0 atom stereocenters. The minimum atomic E-state index is -2.08. The molecule has 0 spiro atoms. The maximum Gasteiger partial charge on any atom is 0.112 e. The maximum absolute atomic E-state index is 7.45. The summed E-state index contributed by atoms with van der Waals surface area (Å²) in [6.45, 7) is 7.49. The minimum Gasteiger partial charge on any atom is -0.465 e. The summed E-state index contributed by atoms with van der Waals surface area (Å²) in [4.78, 5) is 0. The molecule has 1 nitrogen and oxygen atoms in total. The number of hydrogen-bond donors (Lipinski definition) is 0. The Morgan fingerprint density at radius 1 is 1.17 bits per heavy atom. The van der Waals surface area contributed by atoms with E-state index in [2.05, 4.69) is 0 Å². The van der Waals surface area contributed by atoms with Crippen LogP contribution in [0.5, 0.6) is 0 Å². The van der Waals surface area contributed by atoms with Crippen LogP contribution >= 0.6 is 0 Å². The van der Waals surface area contributed by atoms with Gasteiger partial charge in [0.2, 0.25) is 0 Å². The Balaban J connectivity index is 3.41. The summed E-state index contributed by atoms with van der Waals surface area (Å²) in [5.41, 5.74) is 0.977. The van der Waals surface area contributed by atoms with E-state index in [1.54, 1.807) is 6.92 Å². The van der Waals surface area contributed by atoms with Crippen LogP contribution in [-0.4, -0.2) is 0 Å². The minimum absolute atomic E-state index is 0.154. The average molecular weight is 169 g/mol. The quantitative estimate of drug-likeness (QED) is 0.579. The Bertz CT molecular complexity index is 366. The van der Waals surface area contributed by atoms with E-state index in [1.807, 2.05) is 27.7 Å². The zero-order valence-corrected chi connectivity index (χ0v) is 8.41. The van der Waals surface area contributed by atoms with Crippen LogP contribution in [0, 0.1) is 20.7 Å². The SMILES string of the molecule is [2H]C([2H])([2H])c1c(C)oc(C(C)(C)C)c1C. The Labute approximate surface area is 79.0 Å². The molecule has 68 valence electrons. The topological polar surface area (TPSA) is 13.1 Å². The van der Waals surface area contributed by atoms with Crippen molar-refractivity contribution in [1.82, 2.24) is 0 Å². The van der Waals surface area contributed by atoms with E-state index in [0.717, 1.165) is 11.3 Å². The van der Waals surface area contributed by atoms with Gasteiger partial charge in [0.15, 0.2) is 0 Å². The third kappa shape index (κ3) is 1.40. The first kappa shape index (κ1) is 5.85. The van der Waals surface area contributed by atoms with Crippen molar-refractivity contribution < 1.29 is 8.53 Å². The van der Waals surface area contributed by atoms with E-state index in [0.29, 0.717) is 11.3 Å². The van der Waals surface area contributed by atoms with E-state index in [4.69, 9.17) is 8.53 Å². The second-order valence-corrected chi connectivity index (χ2v) is 4.24. The van der Waals surface area contributed by atoms with E-state index in [9.17, 15) is 0 Å². The predicted molar refractivity (Wildman–Crippen MR) is 51.6 cm³/mol. The third-order valence-corrected chi connectivity index (χ3v) is 2.00. The molecule has 0 amide bonds. The van der Waals surface area contributed by atoms with Gasteiger partial charge in [0.1, 0.15) is 11.5 Å². The average Bonchev–Trinajstić information content (AvgIpc) is 2.22. The lowest BCUT2D eigenvalue weighted by molar-refractivity contribution is 0.392. The smallest absolute Gasteiger partial charge is 0.112 e. The fourth-order valence-corrected chi connectivity index (χ4v) is 1.37. The normalized spacial score (nSPS) is 16.9. The standard InChI is InChI=1S/C11H18O/c1-7-8(2)10(11(4,5)6)12-9(7)3/h1-6H3/i1D3. The third-order valence-electron chi connectivity index (χ3n) is 2.00. The lowest BCUT2D eigenvalue weighted by atomic mass is 9.90. The fraction of sp³-hybridized carbons (Fsp3) is 0.636. The lowest BCUT2D eigenvalue weighted by Crippen LogP contribution is -2.11. The van der Waals surface area contributed by atoms with Crippen LogP contribution in [0.4, 0.5) is 0 Å². The van der Waals surface area contributed by atoms with Crippen molar-refractivity contribution in [3.8, 4) is 0 Å². The van der Waals surface area contributed by atoms with Gasteiger partial charge in [-0.05, 0) is 31.8 Å². The van der Waals surface area contributed by atoms with Gasteiger partial charge in [-0.15, -0.1) is 0 Å². The summed E-state index contributed by atoms with van der Waals surface area (Å²) < 4.78 is 27.9. The largest absolute Gasteiger partial charge is 0.465 e. The van der Waals surface area contributed by atoms with Gasteiger partial charge in [-0.2, -0.15) is 0 Å². The summed E-state index contributed by atoms with van der Waals surface area (Å²) in [5.74, 6) is 1.28. The fourth-order valence-electron chi connectivity index (χ4n) is 1.37. The molecule has 1 aromatic heterocycles. The van der Waals surface area contributed by atoms with Crippen LogP contribution < -0.4 is 0 Å². The van der Waals surface area contributed by atoms with Crippen LogP contribution in [0.2, 0.25) is 0 Å². The monoisotopic (exact) mass is 169 g/mol. The molecule has 0 fully saturated rings. The Morgan fingerprint density at radius 3 is 2.00 bits per heavy atom. The van der Waals surface area contributed by atoms with E-state index in [-0.39, 0.29) is 5.41 Å². The first-order valence-corrected chi connectivity index (χ1v) is 4.16. The molecule has 1 heterocycles. The Hall–Kier alpha value is -0.720. The molecule has 0 aliphatic carbocycles. The van der Waals surface area contributed by atoms with Crippen LogP contribution in [0.15, 0.2) is 4.42 Å². The highest BCUT2D eigenvalue weighted by molar-refractivity contribution is 5.33. The zero-order valence-electron chi connectivity index (χ0n) is 11.4. The molecular weight excluding hydrogens is 148 g/mol. The molecule has 0 N–H and O–H groups in total. The molecule has 1 heteroatoms. The van der Waals surface area contributed by atoms with Crippen molar-refractivity contribution in [3.05, 3.63) is 22.6 Å². The molecule has 1 aromatic rings. The molecule has 0 aliphatic rings. The van der Waals surface area contributed by atoms with E-state index in [1.165, 1.54) is 0 Å². The van der Waals surface area contributed by atoms with Gasteiger partial charge in [0.05, 0.1) is 0 Å². The van der Waals surface area contributed by atoms with Crippen LogP contribution in [0.1, 0.15) is 47.5 Å². The van der Waals surface area contributed by atoms with Crippen molar-refractivity contribution in [1.29, 1.82) is 0 Å². The summed E-state index contributed by atoms with van der Waals surface area (Å²) in [7, 11) is 0. The lowest BCUT2D eigenvalue weighted by Gasteiger charge is -2.16. The van der Waals surface area contributed by atoms with Crippen molar-refractivity contribution in [2.24, 2.45) is 0 Å². The van der Waals surface area contributed by atoms with Gasteiger partial charge in [0.25, 0.3) is 0 Å². The molecule has 0 unspecified atom stereocenters. The highest BCUT2D eigenvalue weighted by Gasteiger charge is 2.22. The maximum atomic E-state index is 7.45. The Morgan fingerprint density at radius 2 is 1.75 bits per heavy atom. The number of furan rings is 1. The summed E-state index contributed by atoms with van der Waals surface area (Å²) in [5, 5.41) is 0. The summed E-state index contributed by atoms with van der Waals surface area (Å²) >= 11 is 0. The second-order valence-electron chi connectivity index (χ2n) is 4.24. The van der Waals surface area contributed by atoms with Crippen molar-refractivity contribution in [3.63, 3.8) is 0 Å². The van der Waals surface area contributed by atoms with Crippen LogP contribution in [0.25, 0.3) is 0 Å². The molecule has 0 bridgehead atoms. The van der Waals surface area contributed by atoms with Gasteiger partial charge in [-0.25, -0.2) is 0 Å². The molecule has 0 aromatic carbocycles. The van der Waals surface area contributed by atoms with Gasteiger partial charge < -0.3 is 4.42 Å². The van der Waals surface area contributed by atoms with E-state index < -0.39 is 6.85 Å². The molecule has 12 heavy (non-hydrogen) atoms. The molecule has 0 saturated carbocycles. The molecule has 0 saturated heterocycles. The first-order valence-electron chi connectivity index (χ1n) is 5.66. The summed E-state index contributed by atoms with van der Waals surface area (Å²) in [6, 6.07) is 0. The number of rotatable bonds is 0. The predicted octanol–water partition coefficient (Wildman–Crippen LogP) is 3.50. The van der Waals surface area contributed by atoms with Crippen LogP contribution in [-0.2, 0) is 5.41 Å². The molecule has 1 rings (SSSR count). The zero-order chi connectivity index (χ0) is 12.0. The number of aryl methyl sites for hydroxylation is 1. The Kier molecular flexibility index (Phi) is 1.29. The van der Waals surface area contributed by atoms with Gasteiger partial charge >= 0.3 is 0 Å². The molecular formula is C11H18O. The molecule has 0 aliphatic heterocycles. The highest BCUT2D eigenvalue weighted by atomic mass is 16.3. The van der Waals surface area contributed by atoms with Crippen LogP contribution in [0.3, 0.4) is 0 Å². The van der Waals surface area contributed by atoms with Gasteiger partial charge in [-0.1, -0.05) is 20.8 Å². The van der Waals surface area contributed by atoms with Crippen molar-refractivity contribution in [2.45, 2.75) is 46.9 Å². The number of hydrogen-bond acceptors (Lipinski definition) is 1. The van der Waals surface area contributed by atoms with Crippen molar-refractivity contribution in [2.75, 3.05) is 0 Å². The van der Waals surface area contributed by atoms with Gasteiger partial charge in [-0.3, -0.25) is 0 Å². The van der Waals surface area contributed by atoms with Gasteiger partial charge in [0, 0.05) is 9.53 Å². The summed E-state index contributed by atoms with van der Waals surface area (Å²) in [6.07, 6.45) is 0. The first-order chi connectivity index (χ1) is 6.55. The van der Waals surface area contributed by atoms with Crippen molar-refractivity contribution >= 4 is 0 Å². The molecule has 0 radical (unpaired) electrons.